The summed E-state index contributed by atoms with van der Waals surface area (Å²) in [5.74, 6) is -1.89. The Labute approximate surface area is 199 Å². The summed E-state index contributed by atoms with van der Waals surface area (Å²) in [6, 6.07) is 17.7. The molecule has 2 aliphatic rings. The van der Waals surface area contributed by atoms with Crippen LogP contribution in [-0.2, 0) is 9.59 Å². The number of rotatable bonds is 4. The Morgan fingerprint density at radius 3 is 1.79 bits per heavy atom. The molecule has 7 heteroatoms. The number of carboxylic acids is 2. The highest BCUT2D eigenvalue weighted by atomic mass is 32.2. The molecule has 0 spiro atoms. The quantitative estimate of drug-likeness (QED) is 0.573. The van der Waals surface area contributed by atoms with Crippen LogP contribution in [0.4, 0.5) is 11.4 Å². The Balaban J connectivity index is 0.000000331. The Bertz CT molecular complexity index is 1000. The van der Waals surface area contributed by atoms with Crippen LogP contribution in [0.3, 0.4) is 0 Å². The van der Waals surface area contributed by atoms with E-state index >= 15 is 0 Å². The van der Waals surface area contributed by atoms with Crippen LogP contribution in [0.25, 0.3) is 0 Å². The lowest BCUT2D eigenvalue weighted by molar-refractivity contribution is -0.134. The molecule has 33 heavy (non-hydrogen) atoms. The molecule has 1 saturated heterocycles. The van der Waals surface area contributed by atoms with E-state index in [0.717, 1.165) is 6.54 Å². The normalized spacial score (nSPS) is 20.5. The Kier molecular flexibility index (Phi) is 7.24. The topological polar surface area (TPSA) is 81.1 Å². The molecule has 2 aromatic rings. The van der Waals surface area contributed by atoms with Gasteiger partial charge < -0.3 is 15.1 Å². The summed E-state index contributed by atoms with van der Waals surface area (Å²) in [6.45, 7) is 10.6. The second-order valence-corrected chi connectivity index (χ2v) is 10.7. The van der Waals surface area contributed by atoms with Crippen molar-refractivity contribution in [3.8, 4) is 0 Å². The first-order valence-corrected chi connectivity index (χ1v) is 11.8. The maximum Gasteiger partial charge on any atom is 0.328 e. The van der Waals surface area contributed by atoms with Crippen LogP contribution in [-0.4, -0.2) is 51.7 Å². The molecule has 176 valence electrons. The number of likely N-dealkylation sites (tertiary alicyclic amines) is 1. The minimum atomic E-state index is -1.26. The SMILES string of the molecule is CN1C(C)(C)CC(CN2c3ccccc3Sc3ccccc32)C1(C)C.O=C(O)/C=C\C(=O)O. The average molecular weight is 469 g/mol. The van der Waals surface area contributed by atoms with Crippen LogP contribution in [0.1, 0.15) is 34.1 Å². The first-order valence-electron chi connectivity index (χ1n) is 10.9. The summed E-state index contributed by atoms with van der Waals surface area (Å²) in [4.78, 5) is 27.0. The fourth-order valence-electron chi connectivity index (χ4n) is 4.67. The van der Waals surface area contributed by atoms with Gasteiger partial charge in [0.15, 0.2) is 0 Å². The van der Waals surface area contributed by atoms with E-state index in [1.807, 2.05) is 11.8 Å². The highest BCUT2D eigenvalue weighted by Gasteiger charge is 2.49. The number of benzene rings is 2. The average Bonchev–Trinajstić information content (AvgIpc) is 2.91. The summed E-state index contributed by atoms with van der Waals surface area (Å²) >= 11 is 1.89. The van der Waals surface area contributed by atoms with E-state index in [1.54, 1.807) is 0 Å². The third kappa shape index (κ3) is 5.42. The summed E-state index contributed by atoms with van der Waals surface area (Å²) in [6.07, 6.45) is 2.34. The molecule has 6 nitrogen and oxygen atoms in total. The fourth-order valence-corrected chi connectivity index (χ4v) is 5.77. The smallest absolute Gasteiger partial charge is 0.328 e. The number of fused-ring (bicyclic) bond motifs is 2. The monoisotopic (exact) mass is 468 g/mol. The maximum atomic E-state index is 9.55. The second kappa shape index (κ2) is 9.61. The second-order valence-electron chi connectivity index (χ2n) is 9.58. The van der Waals surface area contributed by atoms with Gasteiger partial charge in [-0.3, -0.25) is 4.90 Å². The molecule has 2 aliphatic heterocycles. The summed E-state index contributed by atoms with van der Waals surface area (Å²) in [7, 11) is 2.29. The molecule has 1 fully saturated rings. The van der Waals surface area contributed by atoms with Crippen molar-refractivity contribution >= 4 is 35.1 Å². The molecule has 2 N–H and O–H groups in total. The third-order valence-electron chi connectivity index (χ3n) is 6.82. The van der Waals surface area contributed by atoms with Gasteiger partial charge in [-0.15, -0.1) is 0 Å². The lowest BCUT2D eigenvalue weighted by Gasteiger charge is -2.41. The van der Waals surface area contributed by atoms with Gasteiger partial charge >= 0.3 is 11.9 Å². The fraction of sp³-hybridized carbons (Fsp3) is 0.385. The van der Waals surface area contributed by atoms with Gasteiger partial charge in [-0.1, -0.05) is 36.0 Å². The molecular formula is C26H32N2O4S. The van der Waals surface area contributed by atoms with Crippen molar-refractivity contribution in [3.05, 3.63) is 60.7 Å². The molecule has 1 unspecified atom stereocenters. The minimum absolute atomic E-state index is 0.192. The summed E-state index contributed by atoms with van der Waals surface area (Å²) in [5.41, 5.74) is 3.15. The number of nitrogens with zero attached hydrogens (tertiary/aromatic N) is 2. The highest BCUT2D eigenvalue weighted by Crippen LogP contribution is 2.50. The zero-order chi connectivity index (χ0) is 24.4. The largest absolute Gasteiger partial charge is 0.478 e. The molecule has 4 rings (SSSR count). The Morgan fingerprint density at radius 1 is 0.939 bits per heavy atom. The molecule has 0 amide bonds. The van der Waals surface area contributed by atoms with E-state index < -0.39 is 11.9 Å². The van der Waals surface area contributed by atoms with E-state index in [0.29, 0.717) is 18.1 Å². The van der Waals surface area contributed by atoms with Gasteiger partial charge in [0.1, 0.15) is 0 Å². The van der Waals surface area contributed by atoms with E-state index in [-0.39, 0.29) is 11.1 Å². The number of aliphatic carboxylic acids is 2. The summed E-state index contributed by atoms with van der Waals surface area (Å²) in [5, 5.41) is 15.6. The van der Waals surface area contributed by atoms with Crippen LogP contribution in [0.5, 0.6) is 0 Å². The van der Waals surface area contributed by atoms with Crippen molar-refractivity contribution in [2.45, 2.75) is 55.0 Å². The zero-order valence-electron chi connectivity index (χ0n) is 19.8. The first-order chi connectivity index (χ1) is 15.4. The number of hydrogen-bond acceptors (Lipinski definition) is 5. The molecule has 0 radical (unpaired) electrons. The number of para-hydroxylation sites is 2. The van der Waals surface area contributed by atoms with E-state index in [4.69, 9.17) is 10.2 Å². The minimum Gasteiger partial charge on any atom is -0.478 e. The van der Waals surface area contributed by atoms with Gasteiger partial charge in [-0.25, -0.2) is 9.59 Å². The van der Waals surface area contributed by atoms with Crippen LogP contribution in [0.2, 0.25) is 0 Å². The molecule has 0 aliphatic carbocycles. The van der Waals surface area contributed by atoms with E-state index in [9.17, 15) is 9.59 Å². The third-order valence-corrected chi connectivity index (χ3v) is 7.95. The van der Waals surface area contributed by atoms with Gasteiger partial charge in [-0.05, 0) is 71.3 Å². The van der Waals surface area contributed by atoms with Crippen molar-refractivity contribution in [1.82, 2.24) is 4.90 Å². The zero-order valence-corrected chi connectivity index (χ0v) is 20.6. The molecular weight excluding hydrogens is 436 g/mol. The van der Waals surface area contributed by atoms with Crippen molar-refractivity contribution in [2.75, 3.05) is 18.5 Å². The number of carbonyl (C=O) groups is 2. The van der Waals surface area contributed by atoms with Gasteiger partial charge in [0.05, 0.1) is 11.4 Å². The van der Waals surface area contributed by atoms with Gasteiger partial charge in [0, 0.05) is 39.6 Å². The number of anilines is 2. The molecule has 0 aromatic heterocycles. The molecule has 2 heterocycles. The molecule has 1 atom stereocenters. The summed E-state index contributed by atoms with van der Waals surface area (Å²) < 4.78 is 0. The van der Waals surface area contributed by atoms with Gasteiger partial charge in [-0.2, -0.15) is 0 Å². The molecule has 2 aromatic carbocycles. The van der Waals surface area contributed by atoms with Crippen molar-refractivity contribution in [2.24, 2.45) is 5.92 Å². The lowest BCUT2D eigenvalue weighted by atomic mass is 9.86. The van der Waals surface area contributed by atoms with Crippen LogP contribution < -0.4 is 4.90 Å². The predicted octanol–water partition coefficient (Wildman–Crippen LogP) is 5.51. The van der Waals surface area contributed by atoms with Crippen molar-refractivity contribution in [3.63, 3.8) is 0 Å². The van der Waals surface area contributed by atoms with Crippen molar-refractivity contribution < 1.29 is 19.8 Å². The lowest BCUT2D eigenvalue weighted by Crippen LogP contribution is -2.48. The number of hydrogen-bond donors (Lipinski definition) is 2. The predicted molar refractivity (Wildman–Crippen MR) is 132 cm³/mol. The van der Waals surface area contributed by atoms with Crippen molar-refractivity contribution in [1.29, 1.82) is 0 Å². The highest BCUT2D eigenvalue weighted by molar-refractivity contribution is 7.99. The Morgan fingerprint density at radius 2 is 1.39 bits per heavy atom. The standard InChI is InChI=1S/C22H28N2S.C4H4O4/c1-21(2)14-16(22(3,4)23(21)5)15-24-17-10-6-8-12-19(17)25-20-13-9-7-11-18(20)24;5-3(6)1-2-4(7)8/h6-13,16H,14-15H2,1-5H3;1-2H,(H,5,6)(H,7,8)/b;2-1-. The van der Waals surface area contributed by atoms with Crippen LogP contribution in [0.15, 0.2) is 70.5 Å². The van der Waals surface area contributed by atoms with E-state index in [1.165, 1.54) is 27.6 Å². The van der Waals surface area contributed by atoms with Crippen LogP contribution >= 0.6 is 11.8 Å². The van der Waals surface area contributed by atoms with E-state index in [2.05, 4.69) is 93.1 Å². The molecule has 0 saturated carbocycles. The maximum absolute atomic E-state index is 9.55. The van der Waals surface area contributed by atoms with Crippen LogP contribution in [0, 0.1) is 5.92 Å². The first kappa shape index (κ1) is 24.9. The number of carboxylic acid groups (broad SMARTS) is 2. The van der Waals surface area contributed by atoms with Gasteiger partial charge in [0.2, 0.25) is 0 Å². The van der Waals surface area contributed by atoms with Gasteiger partial charge in [0.25, 0.3) is 0 Å². The molecule has 0 bridgehead atoms. The Hall–Kier alpha value is -2.77.